The Kier molecular flexibility index (Phi) is 4.86. The monoisotopic (exact) mass is 396 g/mol. The highest BCUT2D eigenvalue weighted by Crippen LogP contribution is 2.32. The molecule has 2 atom stereocenters. The van der Waals surface area contributed by atoms with E-state index < -0.39 is 18.0 Å². The summed E-state index contributed by atoms with van der Waals surface area (Å²) in [5.41, 5.74) is 0.739. The molecule has 2 heterocycles. The maximum atomic E-state index is 12.7. The molecular weight excluding hydrogens is 380 g/mol. The Balaban J connectivity index is 1.72. The minimum atomic E-state index is -1.10. The summed E-state index contributed by atoms with van der Waals surface area (Å²) < 4.78 is 5.92. The Morgan fingerprint density at radius 2 is 2.00 bits per heavy atom. The quantitative estimate of drug-likeness (QED) is 0.773. The van der Waals surface area contributed by atoms with Crippen LogP contribution in [0.3, 0.4) is 0 Å². The van der Waals surface area contributed by atoms with Crippen LogP contribution in [0, 0.1) is 5.92 Å². The molecule has 2 saturated heterocycles. The number of para-hydroxylation sites is 1. The molecule has 0 saturated carbocycles. The van der Waals surface area contributed by atoms with Crippen molar-refractivity contribution in [1.29, 1.82) is 0 Å². The van der Waals surface area contributed by atoms with Crippen molar-refractivity contribution in [3.63, 3.8) is 0 Å². The number of carbonyl (C=O) groups excluding carboxylic acids is 2. The summed E-state index contributed by atoms with van der Waals surface area (Å²) in [5, 5.41) is 9.03. The maximum absolute atomic E-state index is 12.7. The molecule has 0 radical (unpaired) electrons. The summed E-state index contributed by atoms with van der Waals surface area (Å²) >= 11 is 3.42. The molecule has 0 spiro atoms. The lowest BCUT2D eigenvalue weighted by Gasteiger charge is -2.32. The number of carbonyl (C=O) groups is 3. The van der Waals surface area contributed by atoms with Crippen LogP contribution in [0.4, 0.5) is 5.69 Å². The van der Waals surface area contributed by atoms with Crippen LogP contribution in [0.1, 0.15) is 6.42 Å². The minimum Gasteiger partial charge on any atom is -0.479 e. The Bertz CT molecular complexity index is 680. The molecule has 0 aliphatic carbocycles. The number of carboxylic acid groups (broad SMARTS) is 1. The van der Waals surface area contributed by atoms with E-state index in [0.29, 0.717) is 19.5 Å². The second-order valence-electron chi connectivity index (χ2n) is 5.76. The Morgan fingerprint density at radius 3 is 2.71 bits per heavy atom. The lowest BCUT2D eigenvalue weighted by Crippen LogP contribution is -2.51. The van der Waals surface area contributed by atoms with E-state index in [4.69, 9.17) is 9.84 Å². The van der Waals surface area contributed by atoms with Crippen LogP contribution < -0.4 is 4.90 Å². The first-order valence-corrected chi connectivity index (χ1v) is 8.47. The lowest BCUT2D eigenvalue weighted by atomic mass is 10.1. The third-order valence-electron chi connectivity index (χ3n) is 4.30. The number of amides is 2. The van der Waals surface area contributed by atoms with Crippen LogP contribution in [0.15, 0.2) is 28.7 Å². The third kappa shape index (κ3) is 3.16. The van der Waals surface area contributed by atoms with E-state index in [1.165, 1.54) is 4.90 Å². The molecule has 1 aromatic rings. The second kappa shape index (κ2) is 6.90. The topological polar surface area (TPSA) is 87.2 Å². The summed E-state index contributed by atoms with van der Waals surface area (Å²) in [6, 6.07) is 7.36. The zero-order chi connectivity index (χ0) is 17.3. The Labute approximate surface area is 147 Å². The van der Waals surface area contributed by atoms with E-state index in [-0.39, 0.29) is 25.0 Å². The van der Waals surface area contributed by atoms with Crippen molar-refractivity contribution in [2.75, 3.05) is 31.1 Å². The van der Waals surface area contributed by atoms with Crippen molar-refractivity contribution in [3.05, 3.63) is 28.7 Å². The number of morpholine rings is 1. The number of nitrogens with zero attached hydrogens (tertiary/aromatic N) is 2. The first-order valence-electron chi connectivity index (χ1n) is 7.68. The number of halogens is 1. The fourth-order valence-electron chi connectivity index (χ4n) is 3.04. The molecule has 7 nitrogen and oxygen atoms in total. The van der Waals surface area contributed by atoms with Gasteiger partial charge in [0.1, 0.15) is 5.92 Å². The number of ether oxygens (including phenoxy) is 1. The standard InChI is InChI=1S/C16H17BrN2O5/c17-11-3-1-2-4-12(11)19-6-5-10(15(19)21)14(20)18-7-8-24-13(9-18)16(22)23/h1-4,10,13H,5-9H2,(H,22,23)/t10-,13+/m1/s1. The number of carboxylic acids is 1. The van der Waals surface area contributed by atoms with Gasteiger partial charge in [-0.2, -0.15) is 0 Å². The highest BCUT2D eigenvalue weighted by atomic mass is 79.9. The van der Waals surface area contributed by atoms with Gasteiger partial charge in [0.25, 0.3) is 0 Å². The van der Waals surface area contributed by atoms with Gasteiger partial charge >= 0.3 is 5.97 Å². The van der Waals surface area contributed by atoms with Crippen LogP contribution >= 0.6 is 15.9 Å². The van der Waals surface area contributed by atoms with E-state index in [9.17, 15) is 14.4 Å². The van der Waals surface area contributed by atoms with Crippen LogP contribution in [0.25, 0.3) is 0 Å². The predicted molar refractivity (Wildman–Crippen MR) is 88.6 cm³/mol. The third-order valence-corrected chi connectivity index (χ3v) is 4.97. The Morgan fingerprint density at radius 1 is 1.25 bits per heavy atom. The summed E-state index contributed by atoms with van der Waals surface area (Å²) in [4.78, 5) is 39.4. The summed E-state index contributed by atoms with van der Waals surface area (Å²) in [5.74, 6) is -2.42. The van der Waals surface area contributed by atoms with Gasteiger partial charge in [0.15, 0.2) is 6.10 Å². The molecular formula is C16H17BrN2O5. The lowest BCUT2D eigenvalue weighted by molar-refractivity contribution is -0.160. The van der Waals surface area contributed by atoms with Crippen molar-refractivity contribution in [2.24, 2.45) is 5.92 Å². The summed E-state index contributed by atoms with van der Waals surface area (Å²) in [6.45, 7) is 0.913. The van der Waals surface area contributed by atoms with Gasteiger partial charge in [0.2, 0.25) is 11.8 Å². The zero-order valence-electron chi connectivity index (χ0n) is 12.9. The van der Waals surface area contributed by atoms with Crippen molar-refractivity contribution in [1.82, 2.24) is 4.90 Å². The van der Waals surface area contributed by atoms with Crippen LogP contribution in [0.2, 0.25) is 0 Å². The normalized spacial score (nSPS) is 24.3. The van der Waals surface area contributed by atoms with Gasteiger partial charge in [-0.25, -0.2) is 4.79 Å². The molecule has 1 N–H and O–H groups in total. The van der Waals surface area contributed by atoms with Gasteiger partial charge in [-0.15, -0.1) is 0 Å². The highest BCUT2D eigenvalue weighted by molar-refractivity contribution is 9.10. The first-order chi connectivity index (χ1) is 11.5. The SMILES string of the molecule is O=C(O)[C@@H]1CN(C(=O)[C@H]2CCN(c3ccccc3Br)C2=O)CCO1. The predicted octanol–water partition coefficient (Wildman–Crippen LogP) is 1.11. The largest absolute Gasteiger partial charge is 0.479 e. The number of rotatable bonds is 3. The maximum Gasteiger partial charge on any atom is 0.334 e. The second-order valence-corrected chi connectivity index (χ2v) is 6.62. The van der Waals surface area contributed by atoms with E-state index in [2.05, 4.69) is 15.9 Å². The molecule has 24 heavy (non-hydrogen) atoms. The molecule has 0 unspecified atom stereocenters. The molecule has 0 aromatic heterocycles. The van der Waals surface area contributed by atoms with Gasteiger partial charge in [0, 0.05) is 17.6 Å². The molecule has 2 amide bonds. The van der Waals surface area contributed by atoms with Crippen LogP contribution in [-0.4, -0.2) is 60.1 Å². The van der Waals surface area contributed by atoms with E-state index in [0.717, 1.165) is 10.2 Å². The molecule has 1 aromatic carbocycles. The van der Waals surface area contributed by atoms with Gasteiger partial charge in [-0.1, -0.05) is 12.1 Å². The average molecular weight is 397 g/mol. The average Bonchev–Trinajstić information content (AvgIpc) is 2.96. The number of aliphatic carboxylic acids is 1. The fourth-order valence-corrected chi connectivity index (χ4v) is 3.54. The van der Waals surface area contributed by atoms with Gasteiger partial charge < -0.3 is 19.6 Å². The zero-order valence-corrected chi connectivity index (χ0v) is 14.4. The molecule has 2 aliphatic heterocycles. The van der Waals surface area contributed by atoms with Crippen LogP contribution in [0.5, 0.6) is 0 Å². The van der Waals surface area contributed by atoms with E-state index in [1.807, 2.05) is 24.3 Å². The van der Waals surface area contributed by atoms with E-state index in [1.54, 1.807) is 4.90 Å². The summed E-state index contributed by atoms with van der Waals surface area (Å²) in [7, 11) is 0. The molecule has 8 heteroatoms. The van der Waals surface area contributed by atoms with E-state index >= 15 is 0 Å². The number of hydrogen-bond donors (Lipinski definition) is 1. The Hall–Kier alpha value is -1.93. The smallest absolute Gasteiger partial charge is 0.334 e. The van der Waals surface area contributed by atoms with Crippen molar-refractivity contribution >= 4 is 39.4 Å². The summed E-state index contributed by atoms with van der Waals surface area (Å²) in [6.07, 6.45) is -0.604. The van der Waals surface area contributed by atoms with Gasteiger partial charge in [0.05, 0.1) is 18.8 Å². The highest BCUT2D eigenvalue weighted by Gasteiger charge is 2.41. The molecule has 2 fully saturated rings. The first kappa shape index (κ1) is 16.9. The molecule has 3 rings (SSSR count). The molecule has 0 bridgehead atoms. The fraction of sp³-hybridized carbons (Fsp3) is 0.438. The number of hydrogen-bond acceptors (Lipinski definition) is 4. The van der Waals surface area contributed by atoms with Crippen molar-refractivity contribution in [3.8, 4) is 0 Å². The molecule has 128 valence electrons. The minimum absolute atomic E-state index is 0.0209. The van der Waals surface area contributed by atoms with Gasteiger partial charge in [-0.05, 0) is 34.5 Å². The van der Waals surface area contributed by atoms with Gasteiger partial charge in [-0.3, -0.25) is 9.59 Å². The van der Waals surface area contributed by atoms with Crippen molar-refractivity contribution in [2.45, 2.75) is 12.5 Å². The van der Waals surface area contributed by atoms with Crippen LogP contribution in [-0.2, 0) is 19.1 Å². The van der Waals surface area contributed by atoms with Crippen molar-refractivity contribution < 1.29 is 24.2 Å². The number of anilines is 1. The molecule has 2 aliphatic rings. The number of benzene rings is 1.